The van der Waals surface area contributed by atoms with Crippen LogP contribution in [0, 0.1) is 6.92 Å². The molecule has 1 saturated heterocycles. The van der Waals surface area contributed by atoms with Gasteiger partial charge in [0.1, 0.15) is 17.5 Å². The van der Waals surface area contributed by atoms with Gasteiger partial charge in [-0.3, -0.25) is 9.79 Å². The highest BCUT2D eigenvalue weighted by Crippen LogP contribution is 2.26. The first-order chi connectivity index (χ1) is 15.6. The number of anilines is 1. The number of imidazole rings is 1. The number of aryl methyl sites for hydroxylation is 1. The monoisotopic (exact) mass is 426 g/mol. The molecule has 0 aliphatic carbocycles. The molecule has 1 fully saturated rings. The van der Waals surface area contributed by atoms with E-state index in [2.05, 4.69) is 41.9 Å². The van der Waals surface area contributed by atoms with E-state index in [9.17, 15) is 4.79 Å². The van der Waals surface area contributed by atoms with Crippen molar-refractivity contribution in [2.24, 2.45) is 12.0 Å². The Bertz CT molecular complexity index is 1280. The van der Waals surface area contributed by atoms with Crippen LogP contribution in [0.1, 0.15) is 18.7 Å². The smallest absolute Gasteiger partial charge is 0.256 e. The van der Waals surface area contributed by atoms with E-state index >= 15 is 0 Å². The van der Waals surface area contributed by atoms with Crippen LogP contribution in [-0.4, -0.2) is 50.8 Å². The topological polar surface area (TPSA) is 75.4 Å². The summed E-state index contributed by atoms with van der Waals surface area (Å²) in [6.45, 7) is 4.56. The standard InChI is InChI=1S/C25H26N6O/c1-17-27-16-22(30(17)2)18-7-8-20-15-28-23(13-21(20)12-18)29-25(32)19-6-5-9-26-24(14-19)31-10-3-4-11-31/h5-8,12-16H,3-4,9-11H2,1-2H3,(H,28,29,32). The summed E-state index contributed by atoms with van der Waals surface area (Å²) in [6.07, 6.45) is 11.7. The third-order valence-electron chi connectivity index (χ3n) is 6.11. The maximum atomic E-state index is 13.0. The van der Waals surface area contributed by atoms with Crippen molar-refractivity contribution in [2.75, 3.05) is 25.0 Å². The summed E-state index contributed by atoms with van der Waals surface area (Å²) in [4.78, 5) is 28.7. The van der Waals surface area contributed by atoms with E-state index in [1.165, 1.54) is 12.8 Å². The molecule has 0 saturated carbocycles. The van der Waals surface area contributed by atoms with Crippen LogP contribution in [0.2, 0.25) is 0 Å². The van der Waals surface area contributed by atoms with Gasteiger partial charge in [0.15, 0.2) is 0 Å². The zero-order chi connectivity index (χ0) is 22.1. The molecule has 1 N–H and O–H groups in total. The predicted octanol–water partition coefficient (Wildman–Crippen LogP) is 3.87. The first-order valence-electron chi connectivity index (χ1n) is 11.0. The second-order valence-corrected chi connectivity index (χ2v) is 8.23. The van der Waals surface area contributed by atoms with Crippen LogP contribution >= 0.6 is 0 Å². The number of aliphatic imine (C=N–C) groups is 1. The van der Waals surface area contributed by atoms with Gasteiger partial charge in [0.2, 0.25) is 0 Å². The molecule has 2 aliphatic rings. The first kappa shape index (κ1) is 20.2. The van der Waals surface area contributed by atoms with Gasteiger partial charge in [-0.15, -0.1) is 0 Å². The fourth-order valence-corrected chi connectivity index (χ4v) is 4.16. The number of rotatable bonds is 3. The van der Waals surface area contributed by atoms with Crippen molar-refractivity contribution in [1.29, 1.82) is 0 Å². The van der Waals surface area contributed by atoms with Gasteiger partial charge in [-0.2, -0.15) is 0 Å². The Balaban J connectivity index is 1.40. The predicted molar refractivity (Wildman–Crippen MR) is 128 cm³/mol. The van der Waals surface area contributed by atoms with Crippen LogP contribution < -0.4 is 5.32 Å². The van der Waals surface area contributed by atoms with E-state index in [0.717, 1.165) is 46.8 Å². The quantitative estimate of drug-likeness (QED) is 0.690. The van der Waals surface area contributed by atoms with Gasteiger partial charge < -0.3 is 14.8 Å². The number of carbonyl (C=O) groups is 1. The normalized spacial score (nSPS) is 16.1. The maximum absolute atomic E-state index is 13.0. The van der Waals surface area contributed by atoms with Crippen LogP contribution in [0.15, 0.2) is 65.5 Å². The molecule has 0 spiro atoms. The Morgan fingerprint density at radius 1 is 1.06 bits per heavy atom. The average molecular weight is 427 g/mol. The number of fused-ring (bicyclic) bond motifs is 1. The number of likely N-dealkylation sites (tertiary alicyclic amines) is 1. The van der Waals surface area contributed by atoms with Crippen molar-refractivity contribution < 1.29 is 4.79 Å². The third-order valence-corrected chi connectivity index (χ3v) is 6.11. The number of amides is 1. The van der Waals surface area contributed by atoms with E-state index in [0.29, 0.717) is 17.9 Å². The number of nitrogens with one attached hydrogen (secondary N) is 1. The summed E-state index contributed by atoms with van der Waals surface area (Å²) in [6, 6.07) is 8.13. The Kier molecular flexibility index (Phi) is 5.31. The molecule has 3 aromatic rings. The van der Waals surface area contributed by atoms with Crippen LogP contribution in [0.3, 0.4) is 0 Å². The van der Waals surface area contributed by atoms with E-state index in [1.54, 1.807) is 6.20 Å². The lowest BCUT2D eigenvalue weighted by Crippen LogP contribution is -2.27. The molecule has 7 heteroatoms. The average Bonchev–Trinajstić information content (AvgIpc) is 3.37. The minimum atomic E-state index is -0.180. The summed E-state index contributed by atoms with van der Waals surface area (Å²) in [7, 11) is 2.01. The van der Waals surface area contributed by atoms with Gasteiger partial charge in [-0.05, 0) is 43.4 Å². The van der Waals surface area contributed by atoms with Gasteiger partial charge >= 0.3 is 0 Å². The fourth-order valence-electron chi connectivity index (χ4n) is 4.16. The van der Waals surface area contributed by atoms with Gasteiger partial charge in [0.05, 0.1) is 18.4 Å². The molecule has 0 bridgehead atoms. The van der Waals surface area contributed by atoms with Crippen LogP contribution in [-0.2, 0) is 11.8 Å². The molecule has 1 amide bonds. The first-order valence-corrected chi connectivity index (χ1v) is 11.0. The highest BCUT2D eigenvalue weighted by molar-refractivity contribution is 6.11. The zero-order valence-electron chi connectivity index (χ0n) is 18.4. The number of pyridine rings is 1. The van der Waals surface area contributed by atoms with Crippen molar-refractivity contribution in [2.45, 2.75) is 19.8 Å². The number of hydrogen-bond donors (Lipinski definition) is 1. The van der Waals surface area contributed by atoms with Crippen molar-refractivity contribution in [3.63, 3.8) is 0 Å². The van der Waals surface area contributed by atoms with Crippen LogP contribution in [0.25, 0.3) is 22.0 Å². The molecule has 7 nitrogen and oxygen atoms in total. The van der Waals surface area contributed by atoms with Gasteiger partial charge in [0, 0.05) is 42.9 Å². The van der Waals surface area contributed by atoms with Crippen LogP contribution in [0.5, 0.6) is 0 Å². The molecular formula is C25H26N6O. The SMILES string of the molecule is Cc1ncc(-c2ccc3cnc(NC(=O)C4=CC(N5CCCC5)=NCC=C4)cc3c2)n1C. The van der Waals surface area contributed by atoms with E-state index < -0.39 is 0 Å². The molecule has 0 atom stereocenters. The van der Waals surface area contributed by atoms with Gasteiger partial charge in [-0.25, -0.2) is 9.97 Å². The van der Waals surface area contributed by atoms with Crippen molar-refractivity contribution >= 4 is 28.3 Å². The lowest BCUT2D eigenvalue weighted by atomic mass is 10.1. The highest BCUT2D eigenvalue weighted by atomic mass is 16.1. The Morgan fingerprint density at radius 3 is 2.69 bits per heavy atom. The van der Waals surface area contributed by atoms with Crippen molar-refractivity contribution in [3.05, 3.63) is 66.3 Å². The summed E-state index contributed by atoms with van der Waals surface area (Å²) < 4.78 is 2.06. The second kappa shape index (κ2) is 8.42. The summed E-state index contributed by atoms with van der Waals surface area (Å²) in [5.41, 5.74) is 2.72. The second-order valence-electron chi connectivity index (χ2n) is 8.23. The number of hydrogen-bond acceptors (Lipinski definition) is 5. The summed E-state index contributed by atoms with van der Waals surface area (Å²) in [5.74, 6) is 2.20. The Labute approximate surface area is 187 Å². The Morgan fingerprint density at radius 2 is 1.91 bits per heavy atom. The molecule has 32 heavy (non-hydrogen) atoms. The Hall–Kier alpha value is -3.74. The number of nitrogens with zero attached hydrogens (tertiary/aromatic N) is 5. The van der Waals surface area contributed by atoms with Crippen LogP contribution in [0.4, 0.5) is 5.82 Å². The van der Waals surface area contributed by atoms with Gasteiger partial charge in [0.25, 0.3) is 5.91 Å². The molecule has 5 rings (SSSR count). The molecule has 2 aliphatic heterocycles. The van der Waals surface area contributed by atoms with E-state index in [4.69, 9.17) is 0 Å². The lowest BCUT2D eigenvalue weighted by Gasteiger charge is -2.17. The largest absolute Gasteiger partial charge is 0.357 e. The molecule has 2 aromatic heterocycles. The van der Waals surface area contributed by atoms with E-state index in [-0.39, 0.29) is 5.91 Å². The zero-order valence-corrected chi connectivity index (χ0v) is 18.4. The number of carbonyl (C=O) groups excluding carboxylic acids is 1. The maximum Gasteiger partial charge on any atom is 0.256 e. The fraction of sp³-hybridized carbons (Fsp3) is 0.280. The molecule has 0 unspecified atom stereocenters. The minimum absolute atomic E-state index is 0.180. The molecular weight excluding hydrogens is 400 g/mol. The number of aromatic nitrogens is 3. The highest BCUT2D eigenvalue weighted by Gasteiger charge is 2.18. The third kappa shape index (κ3) is 3.93. The molecule has 0 radical (unpaired) electrons. The van der Waals surface area contributed by atoms with E-state index in [1.807, 2.05) is 50.5 Å². The number of benzene rings is 1. The minimum Gasteiger partial charge on any atom is -0.357 e. The summed E-state index contributed by atoms with van der Waals surface area (Å²) in [5, 5.41) is 4.98. The summed E-state index contributed by atoms with van der Waals surface area (Å²) >= 11 is 0. The van der Waals surface area contributed by atoms with Crippen molar-refractivity contribution in [3.8, 4) is 11.3 Å². The molecule has 162 valence electrons. The lowest BCUT2D eigenvalue weighted by molar-refractivity contribution is -0.112. The van der Waals surface area contributed by atoms with Gasteiger partial charge in [-0.1, -0.05) is 24.3 Å². The molecule has 1 aromatic carbocycles. The number of amidine groups is 1. The molecule has 4 heterocycles. The van der Waals surface area contributed by atoms with Crippen molar-refractivity contribution in [1.82, 2.24) is 19.4 Å².